The van der Waals surface area contributed by atoms with Gasteiger partial charge in [0.1, 0.15) is 23.9 Å². The molecule has 0 aliphatic carbocycles. The van der Waals surface area contributed by atoms with Crippen molar-refractivity contribution in [2.75, 3.05) is 0 Å². The van der Waals surface area contributed by atoms with E-state index >= 15 is 0 Å². The number of carbonyl (C=O) groups excluding carboxylic acids is 2. The van der Waals surface area contributed by atoms with Crippen LogP contribution in [0.2, 0.25) is 0 Å². The number of nitrogens with zero attached hydrogens (tertiary/aromatic N) is 1. The summed E-state index contributed by atoms with van der Waals surface area (Å²) in [7, 11) is 0. The van der Waals surface area contributed by atoms with Crippen LogP contribution in [0.3, 0.4) is 0 Å². The van der Waals surface area contributed by atoms with Gasteiger partial charge in [0, 0.05) is 0 Å². The van der Waals surface area contributed by atoms with E-state index in [9.17, 15) is 14.0 Å². The van der Waals surface area contributed by atoms with Gasteiger partial charge in [0.2, 0.25) is 0 Å². The first kappa shape index (κ1) is 20.3. The Bertz CT molecular complexity index is 1140. The highest BCUT2D eigenvalue weighted by atomic mass is 19.1. The number of ether oxygens (including phenoxy) is 1. The van der Waals surface area contributed by atoms with Gasteiger partial charge in [-0.25, -0.2) is 9.18 Å². The normalized spacial score (nSPS) is 14.8. The molecule has 0 unspecified atom stereocenters. The van der Waals surface area contributed by atoms with Gasteiger partial charge in [0.15, 0.2) is 0 Å². The number of halogens is 1. The molecule has 5 nitrogen and oxygen atoms in total. The molecule has 1 aliphatic heterocycles. The van der Waals surface area contributed by atoms with Gasteiger partial charge in [0.25, 0.3) is 5.91 Å². The number of carbonyl (C=O) groups is 2. The maximum Gasteiger partial charge on any atom is 0.329 e. The highest BCUT2D eigenvalue weighted by Crippen LogP contribution is 2.20. The molecule has 1 aliphatic rings. The molecule has 6 heteroatoms. The van der Waals surface area contributed by atoms with Gasteiger partial charge < -0.3 is 10.1 Å². The first-order chi connectivity index (χ1) is 15.0. The highest BCUT2D eigenvalue weighted by Gasteiger charge is 2.33. The van der Waals surface area contributed by atoms with Crippen LogP contribution in [0.5, 0.6) is 5.75 Å². The predicted octanol–water partition coefficient (Wildman–Crippen LogP) is 4.81. The molecule has 3 aromatic carbocycles. The summed E-state index contributed by atoms with van der Waals surface area (Å²) in [5.41, 5.74) is 3.89. The minimum atomic E-state index is -0.501. The Morgan fingerprint density at radius 2 is 1.71 bits per heavy atom. The summed E-state index contributed by atoms with van der Waals surface area (Å²) in [5.74, 6) is -0.0784. The van der Waals surface area contributed by atoms with E-state index in [1.165, 1.54) is 17.7 Å². The molecule has 4 rings (SSSR count). The molecular weight excluding hydrogens is 395 g/mol. The molecule has 0 bridgehead atoms. The molecule has 156 valence electrons. The molecular formula is C25H21FN2O3. The molecule has 3 aromatic rings. The fourth-order valence-electron chi connectivity index (χ4n) is 3.28. The van der Waals surface area contributed by atoms with Crippen LogP contribution in [0.25, 0.3) is 6.08 Å². The molecule has 0 spiro atoms. The van der Waals surface area contributed by atoms with Crippen LogP contribution in [-0.2, 0) is 17.9 Å². The van der Waals surface area contributed by atoms with E-state index in [0.717, 1.165) is 16.0 Å². The van der Waals surface area contributed by atoms with Crippen molar-refractivity contribution in [2.45, 2.75) is 20.1 Å². The number of benzene rings is 3. The van der Waals surface area contributed by atoms with Gasteiger partial charge in [-0.3, -0.25) is 9.69 Å². The monoisotopic (exact) mass is 416 g/mol. The van der Waals surface area contributed by atoms with Crippen LogP contribution < -0.4 is 10.1 Å². The van der Waals surface area contributed by atoms with Crippen molar-refractivity contribution in [2.24, 2.45) is 0 Å². The molecule has 1 heterocycles. The third-order valence-electron chi connectivity index (χ3n) is 4.90. The van der Waals surface area contributed by atoms with Crippen molar-refractivity contribution >= 4 is 18.0 Å². The first-order valence-corrected chi connectivity index (χ1v) is 9.85. The average molecular weight is 416 g/mol. The van der Waals surface area contributed by atoms with Crippen molar-refractivity contribution < 1.29 is 18.7 Å². The smallest absolute Gasteiger partial charge is 0.329 e. The average Bonchev–Trinajstić information content (AvgIpc) is 3.02. The fraction of sp³-hybridized carbons (Fsp3) is 0.120. The fourth-order valence-corrected chi connectivity index (χ4v) is 3.28. The van der Waals surface area contributed by atoms with E-state index in [1.807, 2.05) is 49.4 Å². The summed E-state index contributed by atoms with van der Waals surface area (Å²) in [6, 6.07) is 20.6. The number of urea groups is 1. The van der Waals surface area contributed by atoms with Crippen LogP contribution >= 0.6 is 0 Å². The Balaban J connectivity index is 1.40. The maximum atomic E-state index is 13.1. The number of rotatable bonds is 6. The largest absolute Gasteiger partial charge is 0.489 e. The topological polar surface area (TPSA) is 58.6 Å². The summed E-state index contributed by atoms with van der Waals surface area (Å²) in [5, 5.41) is 2.59. The van der Waals surface area contributed by atoms with E-state index in [4.69, 9.17) is 4.74 Å². The van der Waals surface area contributed by atoms with Crippen molar-refractivity contribution in [1.82, 2.24) is 10.2 Å². The van der Waals surface area contributed by atoms with Gasteiger partial charge in [0.05, 0.1) is 6.54 Å². The van der Waals surface area contributed by atoms with Gasteiger partial charge in [-0.15, -0.1) is 0 Å². The third kappa shape index (κ3) is 4.98. The van der Waals surface area contributed by atoms with Gasteiger partial charge >= 0.3 is 6.03 Å². The van der Waals surface area contributed by atoms with Crippen molar-refractivity contribution in [3.05, 3.63) is 107 Å². The Hall–Kier alpha value is -3.93. The number of hydrogen-bond donors (Lipinski definition) is 1. The van der Waals surface area contributed by atoms with E-state index in [1.54, 1.807) is 18.2 Å². The molecule has 31 heavy (non-hydrogen) atoms. The minimum Gasteiger partial charge on any atom is -0.489 e. The van der Waals surface area contributed by atoms with Crippen LogP contribution in [-0.4, -0.2) is 16.8 Å². The highest BCUT2D eigenvalue weighted by molar-refractivity contribution is 6.13. The molecule has 0 radical (unpaired) electrons. The zero-order valence-electron chi connectivity index (χ0n) is 17.0. The van der Waals surface area contributed by atoms with Crippen LogP contribution in [0.4, 0.5) is 9.18 Å². The predicted molar refractivity (Wildman–Crippen MR) is 115 cm³/mol. The Labute approximate surface area is 179 Å². The lowest BCUT2D eigenvalue weighted by Crippen LogP contribution is -2.30. The number of imide groups is 1. The molecule has 1 N–H and O–H groups in total. The number of amides is 3. The zero-order valence-corrected chi connectivity index (χ0v) is 17.0. The molecule has 3 amide bonds. The van der Waals surface area contributed by atoms with E-state index in [-0.39, 0.29) is 18.1 Å². The second-order valence-corrected chi connectivity index (χ2v) is 7.35. The standard InChI is InChI=1S/C25H21FN2O3/c1-17-3-2-4-20(13-17)16-31-22-11-7-18(8-12-22)14-23-24(29)28(25(30)27-23)15-19-5-9-21(26)10-6-19/h2-14H,15-16H2,1H3,(H,27,30)/b23-14+. The van der Waals surface area contributed by atoms with Crippen molar-refractivity contribution in [3.63, 3.8) is 0 Å². The SMILES string of the molecule is Cc1cccc(COc2ccc(/C=C3/NC(=O)N(Cc4ccc(F)cc4)C3=O)cc2)c1. The Morgan fingerprint density at radius 3 is 2.42 bits per heavy atom. The summed E-state index contributed by atoms with van der Waals surface area (Å²) in [6.45, 7) is 2.58. The lowest BCUT2D eigenvalue weighted by Gasteiger charge is -2.11. The van der Waals surface area contributed by atoms with Crippen molar-refractivity contribution in [3.8, 4) is 5.75 Å². The van der Waals surface area contributed by atoms with Crippen LogP contribution in [0.15, 0.2) is 78.5 Å². The molecule has 0 atom stereocenters. The minimum absolute atomic E-state index is 0.0774. The lowest BCUT2D eigenvalue weighted by atomic mass is 10.1. The summed E-state index contributed by atoms with van der Waals surface area (Å²) >= 11 is 0. The first-order valence-electron chi connectivity index (χ1n) is 9.85. The summed E-state index contributed by atoms with van der Waals surface area (Å²) in [6.07, 6.45) is 1.62. The molecule has 0 aromatic heterocycles. The summed E-state index contributed by atoms with van der Waals surface area (Å²) in [4.78, 5) is 25.9. The zero-order chi connectivity index (χ0) is 21.8. The van der Waals surface area contributed by atoms with Gasteiger partial charge in [-0.05, 0) is 54.0 Å². The van der Waals surface area contributed by atoms with Crippen molar-refractivity contribution in [1.29, 1.82) is 0 Å². The number of nitrogens with one attached hydrogen (secondary N) is 1. The Morgan fingerprint density at radius 1 is 0.968 bits per heavy atom. The maximum absolute atomic E-state index is 13.1. The third-order valence-corrected chi connectivity index (χ3v) is 4.90. The molecule has 1 saturated heterocycles. The Kier molecular flexibility index (Phi) is 5.80. The van der Waals surface area contributed by atoms with E-state index in [2.05, 4.69) is 11.4 Å². The molecule has 0 saturated carbocycles. The number of aryl methyl sites for hydroxylation is 1. The van der Waals surface area contributed by atoms with Crippen LogP contribution in [0, 0.1) is 12.7 Å². The number of hydrogen-bond acceptors (Lipinski definition) is 3. The van der Waals surface area contributed by atoms with Gasteiger partial charge in [-0.2, -0.15) is 0 Å². The van der Waals surface area contributed by atoms with Gasteiger partial charge in [-0.1, -0.05) is 54.1 Å². The molecule has 1 fully saturated rings. The quantitative estimate of drug-likeness (QED) is 0.464. The van der Waals surface area contributed by atoms with Crippen LogP contribution in [0.1, 0.15) is 22.3 Å². The van der Waals surface area contributed by atoms with E-state index < -0.39 is 11.9 Å². The summed E-state index contributed by atoms with van der Waals surface area (Å²) < 4.78 is 18.9. The lowest BCUT2D eigenvalue weighted by molar-refractivity contribution is -0.123. The second kappa shape index (κ2) is 8.83. The second-order valence-electron chi connectivity index (χ2n) is 7.35. The van der Waals surface area contributed by atoms with E-state index in [0.29, 0.717) is 17.9 Å².